The van der Waals surface area contributed by atoms with Crippen LogP contribution in [0.4, 0.5) is 5.69 Å². The molecule has 0 saturated carbocycles. The van der Waals surface area contributed by atoms with Crippen LogP contribution in [0.1, 0.15) is 31.2 Å². The third kappa shape index (κ3) is 4.64. The molecule has 142 valence electrons. The van der Waals surface area contributed by atoms with Crippen LogP contribution in [0, 0.1) is 10.1 Å². The fourth-order valence-corrected chi connectivity index (χ4v) is 3.12. The highest BCUT2D eigenvalue weighted by atomic mass is 32.2. The maximum atomic E-state index is 10.7. The van der Waals surface area contributed by atoms with Gasteiger partial charge >= 0.3 is 5.69 Å². The lowest BCUT2D eigenvalue weighted by Crippen LogP contribution is -2.05. The molecular weight excluding hydrogens is 368 g/mol. The summed E-state index contributed by atoms with van der Waals surface area (Å²) in [4.78, 5) is 10.2. The lowest BCUT2D eigenvalue weighted by Gasteiger charge is -2.09. The second-order valence-corrected chi connectivity index (χ2v) is 7.15. The molecule has 0 atom stereocenters. The molecule has 0 aliphatic carbocycles. The molecule has 0 fully saturated rings. The first kappa shape index (κ1) is 18.9. The summed E-state index contributed by atoms with van der Waals surface area (Å²) in [6, 6.07) is 8.01. The third-order valence-electron chi connectivity index (χ3n) is 4.00. The minimum atomic E-state index is -0.473. The molecule has 9 nitrogen and oxygen atoms in total. The van der Waals surface area contributed by atoms with Crippen LogP contribution in [0.3, 0.4) is 0 Å². The summed E-state index contributed by atoms with van der Waals surface area (Å²) in [6.45, 7) is 4.60. The van der Waals surface area contributed by atoms with Crippen molar-refractivity contribution in [1.29, 1.82) is 0 Å². The van der Waals surface area contributed by atoms with Crippen LogP contribution in [0.25, 0.3) is 0 Å². The first-order valence-electron chi connectivity index (χ1n) is 8.34. The van der Waals surface area contributed by atoms with Crippen molar-refractivity contribution in [3.05, 3.63) is 58.2 Å². The fraction of sp³-hybridized carbons (Fsp3) is 0.353. The van der Waals surface area contributed by atoms with Crippen LogP contribution >= 0.6 is 11.8 Å². The van der Waals surface area contributed by atoms with Crippen LogP contribution < -0.4 is 4.74 Å². The van der Waals surface area contributed by atoms with E-state index < -0.39 is 4.92 Å². The summed E-state index contributed by atoms with van der Waals surface area (Å²) in [5.74, 6) is 2.35. The zero-order valence-corrected chi connectivity index (χ0v) is 16.1. The number of benzene rings is 1. The van der Waals surface area contributed by atoms with Gasteiger partial charge in [-0.1, -0.05) is 37.7 Å². The van der Waals surface area contributed by atoms with Crippen molar-refractivity contribution < 1.29 is 9.66 Å². The standard InChI is InChI=1S/C17H20N6O3S/c1-12(2)13-4-6-15(7-5-13)26-10-16-19-20-17(21(16)3)27-11-22-9-14(8-18-22)23(24)25/h4-9,12H,10-11H2,1-3H3. The molecule has 0 saturated heterocycles. The van der Waals surface area contributed by atoms with Gasteiger partial charge in [-0.25, -0.2) is 0 Å². The minimum absolute atomic E-state index is 0.0360. The number of nitro groups is 1. The van der Waals surface area contributed by atoms with Gasteiger partial charge in [0.25, 0.3) is 0 Å². The third-order valence-corrected chi connectivity index (χ3v) is 5.00. The molecule has 0 radical (unpaired) electrons. The molecule has 3 rings (SSSR count). The highest BCUT2D eigenvalue weighted by molar-refractivity contribution is 7.98. The Morgan fingerprint density at radius 3 is 2.63 bits per heavy atom. The second kappa shape index (κ2) is 8.21. The smallest absolute Gasteiger partial charge is 0.307 e. The van der Waals surface area contributed by atoms with E-state index in [-0.39, 0.29) is 5.69 Å². The molecular formula is C17H20N6O3S. The Labute approximate surface area is 160 Å². The number of ether oxygens (including phenoxy) is 1. The number of nitrogens with zero attached hydrogens (tertiary/aromatic N) is 6. The molecule has 0 unspecified atom stereocenters. The molecule has 0 amide bonds. The topological polar surface area (TPSA) is 101 Å². The zero-order valence-electron chi connectivity index (χ0n) is 15.3. The van der Waals surface area contributed by atoms with Crippen LogP contribution in [-0.4, -0.2) is 29.5 Å². The van der Waals surface area contributed by atoms with E-state index in [1.807, 2.05) is 23.7 Å². The molecule has 0 aliphatic rings. The average Bonchev–Trinajstić information content (AvgIpc) is 3.26. The van der Waals surface area contributed by atoms with E-state index in [0.717, 1.165) is 5.75 Å². The molecule has 3 aromatic rings. The number of rotatable bonds is 8. The van der Waals surface area contributed by atoms with E-state index in [0.29, 0.717) is 29.4 Å². The van der Waals surface area contributed by atoms with Gasteiger partial charge < -0.3 is 9.30 Å². The Hall–Kier alpha value is -2.88. The van der Waals surface area contributed by atoms with Gasteiger partial charge in [-0.05, 0) is 23.6 Å². The molecule has 2 aromatic heterocycles. The van der Waals surface area contributed by atoms with Gasteiger partial charge in [0.05, 0.1) is 10.8 Å². The first-order valence-corrected chi connectivity index (χ1v) is 9.33. The number of hydrogen-bond acceptors (Lipinski definition) is 7. The summed E-state index contributed by atoms with van der Waals surface area (Å²) < 4.78 is 9.12. The molecule has 0 N–H and O–H groups in total. The highest BCUT2D eigenvalue weighted by Crippen LogP contribution is 2.21. The van der Waals surface area contributed by atoms with E-state index in [2.05, 4.69) is 41.3 Å². The molecule has 0 bridgehead atoms. The van der Waals surface area contributed by atoms with Crippen molar-refractivity contribution in [1.82, 2.24) is 24.5 Å². The average molecular weight is 388 g/mol. The summed E-state index contributed by atoms with van der Waals surface area (Å²) in [5.41, 5.74) is 1.23. The zero-order chi connectivity index (χ0) is 19.4. The Morgan fingerprint density at radius 1 is 1.26 bits per heavy atom. The van der Waals surface area contributed by atoms with Gasteiger partial charge in [0.2, 0.25) is 0 Å². The van der Waals surface area contributed by atoms with Crippen LogP contribution in [0.5, 0.6) is 5.75 Å². The molecule has 1 aromatic carbocycles. The van der Waals surface area contributed by atoms with E-state index in [4.69, 9.17) is 4.74 Å². The minimum Gasteiger partial charge on any atom is -0.486 e. The summed E-state index contributed by atoms with van der Waals surface area (Å²) >= 11 is 1.38. The quantitative estimate of drug-likeness (QED) is 0.331. The van der Waals surface area contributed by atoms with E-state index in [1.54, 1.807) is 0 Å². The van der Waals surface area contributed by atoms with Gasteiger partial charge in [-0.3, -0.25) is 14.8 Å². The van der Waals surface area contributed by atoms with Gasteiger partial charge in [-0.2, -0.15) is 5.10 Å². The Morgan fingerprint density at radius 2 is 2.00 bits per heavy atom. The van der Waals surface area contributed by atoms with Crippen molar-refractivity contribution in [2.24, 2.45) is 7.05 Å². The molecule has 2 heterocycles. The SMILES string of the molecule is CC(C)c1ccc(OCc2nnc(SCn3cc([N+](=O)[O-])cn3)n2C)cc1. The Bertz CT molecular complexity index is 919. The predicted octanol–water partition coefficient (Wildman–Crippen LogP) is 3.37. The van der Waals surface area contributed by atoms with Crippen LogP contribution in [-0.2, 0) is 19.5 Å². The van der Waals surface area contributed by atoms with Gasteiger partial charge in [0, 0.05) is 7.05 Å². The lowest BCUT2D eigenvalue weighted by atomic mass is 10.0. The van der Waals surface area contributed by atoms with Crippen molar-refractivity contribution in [2.45, 2.75) is 37.4 Å². The Balaban J connectivity index is 1.57. The largest absolute Gasteiger partial charge is 0.486 e. The van der Waals surface area contributed by atoms with Crippen LogP contribution in [0.15, 0.2) is 41.8 Å². The van der Waals surface area contributed by atoms with Gasteiger partial charge in [0.15, 0.2) is 11.0 Å². The summed E-state index contributed by atoms with van der Waals surface area (Å²) in [7, 11) is 1.86. The molecule has 10 heteroatoms. The maximum absolute atomic E-state index is 10.7. The molecule has 27 heavy (non-hydrogen) atoms. The number of aromatic nitrogens is 5. The van der Waals surface area contributed by atoms with E-state index in [9.17, 15) is 10.1 Å². The normalized spacial score (nSPS) is 11.1. The van der Waals surface area contributed by atoms with E-state index >= 15 is 0 Å². The van der Waals surface area contributed by atoms with Crippen LogP contribution in [0.2, 0.25) is 0 Å². The van der Waals surface area contributed by atoms with E-state index in [1.165, 1.54) is 34.4 Å². The maximum Gasteiger partial charge on any atom is 0.307 e. The lowest BCUT2D eigenvalue weighted by molar-refractivity contribution is -0.385. The summed E-state index contributed by atoms with van der Waals surface area (Å²) in [5, 5.41) is 23.6. The van der Waals surface area contributed by atoms with Gasteiger partial charge in [-0.15, -0.1) is 10.2 Å². The van der Waals surface area contributed by atoms with Crippen molar-refractivity contribution in [3.63, 3.8) is 0 Å². The molecule has 0 spiro atoms. The monoisotopic (exact) mass is 388 g/mol. The second-order valence-electron chi connectivity index (χ2n) is 6.24. The van der Waals surface area contributed by atoms with Crippen molar-refractivity contribution in [3.8, 4) is 5.75 Å². The van der Waals surface area contributed by atoms with Crippen molar-refractivity contribution in [2.75, 3.05) is 0 Å². The summed E-state index contributed by atoms with van der Waals surface area (Å²) in [6.07, 6.45) is 2.61. The predicted molar refractivity (Wildman–Crippen MR) is 101 cm³/mol. The van der Waals surface area contributed by atoms with Gasteiger partial charge in [0.1, 0.15) is 24.8 Å². The number of thioether (sulfide) groups is 1. The number of hydrogen-bond donors (Lipinski definition) is 0. The molecule has 0 aliphatic heterocycles. The van der Waals surface area contributed by atoms with Crippen molar-refractivity contribution >= 4 is 17.4 Å². The Kier molecular flexibility index (Phi) is 5.75. The fourth-order valence-electron chi connectivity index (χ4n) is 2.33. The highest BCUT2D eigenvalue weighted by Gasteiger charge is 2.12. The first-order chi connectivity index (χ1) is 12.9.